The molecular formula is C28H24N2O4S2. The predicted molar refractivity (Wildman–Crippen MR) is 139 cm³/mol. The van der Waals surface area contributed by atoms with Crippen LogP contribution in [0.3, 0.4) is 0 Å². The third-order valence-corrected chi connectivity index (χ3v) is 9.91. The van der Waals surface area contributed by atoms with Gasteiger partial charge in [-0.1, -0.05) is 28.9 Å². The highest BCUT2D eigenvalue weighted by Gasteiger charge is 2.41. The summed E-state index contributed by atoms with van der Waals surface area (Å²) in [6, 6.07) is 12.1. The molecule has 0 bridgehead atoms. The molecule has 4 aliphatic rings. The van der Waals surface area contributed by atoms with Gasteiger partial charge in [0.15, 0.2) is 12.3 Å². The van der Waals surface area contributed by atoms with Crippen molar-refractivity contribution in [2.45, 2.75) is 37.1 Å². The van der Waals surface area contributed by atoms with Gasteiger partial charge in [0.2, 0.25) is 5.52 Å². The number of aryl methyl sites for hydroxylation is 1. The Morgan fingerprint density at radius 3 is 2.56 bits per heavy atom. The van der Waals surface area contributed by atoms with E-state index in [2.05, 4.69) is 21.6 Å². The number of Topliss-reactive ketones (excluding diaryl/α,β-unsaturated/α-hetero) is 1. The Bertz CT molecular complexity index is 1580. The summed E-state index contributed by atoms with van der Waals surface area (Å²) in [6.45, 7) is 1.75. The number of methoxy groups -OCH3 is 2. The minimum atomic E-state index is -0.0861. The highest BCUT2D eigenvalue weighted by atomic mass is 32.2. The van der Waals surface area contributed by atoms with Crippen LogP contribution >= 0.6 is 23.1 Å². The average molecular weight is 517 g/mol. The molecule has 1 aliphatic carbocycles. The summed E-state index contributed by atoms with van der Waals surface area (Å²) >= 11 is 3.31. The third kappa shape index (κ3) is 3.04. The molecule has 0 amide bonds. The number of benzene rings is 2. The van der Waals surface area contributed by atoms with E-state index in [0.29, 0.717) is 11.1 Å². The van der Waals surface area contributed by atoms with Crippen molar-refractivity contribution in [1.82, 2.24) is 0 Å². The molecule has 2 aromatic carbocycles. The van der Waals surface area contributed by atoms with E-state index in [1.165, 1.54) is 0 Å². The molecule has 0 atom stereocenters. The summed E-state index contributed by atoms with van der Waals surface area (Å²) in [5.41, 5.74) is 4.79. The minimum Gasteiger partial charge on any atom is -0.871 e. The Morgan fingerprint density at radius 2 is 1.75 bits per heavy atom. The van der Waals surface area contributed by atoms with Crippen LogP contribution in [0.5, 0.6) is 11.5 Å². The van der Waals surface area contributed by atoms with E-state index in [-0.39, 0.29) is 11.5 Å². The SMILES string of the molecule is COc1ccc2c(c1)N1CCCC(C3=C([O-])/C(=C4\CCC[n+]5c4sc4ccc(OC)cc45)C3=O)=C1S2. The molecule has 3 aliphatic heterocycles. The number of hydrogen-bond acceptors (Lipinski definition) is 7. The van der Waals surface area contributed by atoms with Crippen LogP contribution in [0.4, 0.5) is 5.69 Å². The molecule has 8 heteroatoms. The van der Waals surface area contributed by atoms with Gasteiger partial charge in [0.05, 0.1) is 31.0 Å². The van der Waals surface area contributed by atoms with E-state index in [1.54, 1.807) is 37.3 Å². The zero-order valence-electron chi connectivity index (χ0n) is 20.1. The molecule has 0 N–H and O–H groups in total. The molecule has 1 aromatic heterocycles. The van der Waals surface area contributed by atoms with Crippen LogP contribution < -0.4 is 24.0 Å². The monoisotopic (exact) mass is 516 g/mol. The molecule has 3 aromatic rings. The molecular weight excluding hydrogens is 492 g/mol. The summed E-state index contributed by atoms with van der Waals surface area (Å²) in [7, 11) is 3.33. The zero-order valence-corrected chi connectivity index (χ0v) is 21.7. The number of fused-ring (bicyclic) bond motifs is 6. The fraction of sp³-hybridized carbons (Fsp3) is 0.286. The van der Waals surface area contributed by atoms with Crippen LogP contribution in [0.2, 0.25) is 0 Å². The molecule has 0 saturated carbocycles. The normalized spacial score (nSPS) is 20.9. The van der Waals surface area contributed by atoms with Gasteiger partial charge in [0, 0.05) is 40.6 Å². The van der Waals surface area contributed by atoms with Crippen LogP contribution in [0.15, 0.2) is 68.8 Å². The van der Waals surface area contributed by atoms with Gasteiger partial charge in [-0.05, 0) is 49.1 Å². The maximum Gasteiger partial charge on any atom is 0.266 e. The van der Waals surface area contributed by atoms with Gasteiger partial charge in [-0.15, -0.1) is 0 Å². The zero-order chi connectivity index (χ0) is 24.6. The second-order valence-electron chi connectivity index (χ2n) is 9.36. The standard InChI is InChI=1S/C28H24N2O4S2/c1-33-15-7-9-21-19(13-15)29-11-3-5-17(27(29)35-21)23-25(31)24(26(23)32)18-6-4-12-30-20-14-16(34-2)8-10-22(20)36-28(18)30/h7-10,13-14H,3-6,11-12H2,1-2H3. The van der Waals surface area contributed by atoms with Crippen LogP contribution in [-0.2, 0) is 11.3 Å². The molecule has 7 rings (SSSR count). The number of aromatic nitrogens is 1. The van der Waals surface area contributed by atoms with E-state index in [1.807, 2.05) is 24.3 Å². The number of ether oxygens (including phenoxy) is 2. The lowest BCUT2D eigenvalue weighted by Crippen LogP contribution is -2.41. The van der Waals surface area contributed by atoms with Crippen molar-refractivity contribution >= 4 is 50.4 Å². The highest BCUT2D eigenvalue weighted by molar-refractivity contribution is 8.03. The Morgan fingerprint density at radius 1 is 0.972 bits per heavy atom. The first kappa shape index (κ1) is 22.0. The van der Waals surface area contributed by atoms with E-state index < -0.39 is 0 Å². The molecule has 36 heavy (non-hydrogen) atoms. The van der Waals surface area contributed by atoms with Crippen molar-refractivity contribution in [2.24, 2.45) is 0 Å². The number of nitrogens with zero attached hydrogens (tertiary/aromatic N) is 2. The number of carbonyl (C=O) groups is 1. The highest BCUT2D eigenvalue weighted by Crippen LogP contribution is 2.53. The summed E-state index contributed by atoms with van der Waals surface area (Å²) in [4.78, 5) is 17.0. The fourth-order valence-corrected chi connectivity index (χ4v) is 8.21. The first-order chi connectivity index (χ1) is 17.6. The smallest absolute Gasteiger partial charge is 0.266 e. The summed E-state index contributed by atoms with van der Waals surface area (Å²) in [6.07, 6.45) is 3.32. The average Bonchev–Trinajstić information content (AvgIpc) is 3.47. The lowest BCUT2D eigenvalue weighted by atomic mass is 9.78. The molecule has 4 heterocycles. The summed E-state index contributed by atoms with van der Waals surface area (Å²) in [5, 5.41) is 15.7. The first-order valence-electron chi connectivity index (χ1n) is 12.2. The number of allylic oxidation sites excluding steroid dienone is 4. The summed E-state index contributed by atoms with van der Waals surface area (Å²) < 4.78 is 14.2. The number of rotatable bonds is 3. The number of hydrogen-bond donors (Lipinski definition) is 0. The lowest BCUT2D eigenvalue weighted by molar-refractivity contribution is -0.672. The van der Waals surface area contributed by atoms with Crippen molar-refractivity contribution < 1.29 is 23.9 Å². The van der Waals surface area contributed by atoms with Gasteiger partial charge >= 0.3 is 0 Å². The molecule has 182 valence electrons. The van der Waals surface area contributed by atoms with Crippen molar-refractivity contribution in [1.29, 1.82) is 0 Å². The van der Waals surface area contributed by atoms with Gasteiger partial charge in [-0.25, -0.2) is 0 Å². The molecule has 0 fully saturated rings. The second kappa shape index (κ2) is 8.15. The minimum absolute atomic E-state index is 0.0861. The van der Waals surface area contributed by atoms with Crippen molar-refractivity contribution in [3.63, 3.8) is 0 Å². The largest absolute Gasteiger partial charge is 0.871 e. The van der Waals surface area contributed by atoms with Crippen molar-refractivity contribution in [3.8, 4) is 11.5 Å². The van der Waals surface area contributed by atoms with Crippen LogP contribution in [0.1, 0.15) is 30.7 Å². The van der Waals surface area contributed by atoms with E-state index >= 15 is 0 Å². The van der Waals surface area contributed by atoms with Gasteiger partial charge in [-0.3, -0.25) is 4.79 Å². The lowest BCUT2D eigenvalue weighted by Gasteiger charge is -2.37. The van der Waals surface area contributed by atoms with E-state index in [9.17, 15) is 9.90 Å². The van der Waals surface area contributed by atoms with Gasteiger partial charge in [-0.2, -0.15) is 4.57 Å². The molecule has 6 nitrogen and oxygen atoms in total. The van der Waals surface area contributed by atoms with Gasteiger partial charge in [0.1, 0.15) is 16.2 Å². The molecule has 0 spiro atoms. The first-order valence-corrected chi connectivity index (χ1v) is 13.8. The third-order valence-electron chi connectivity index (χ3n) is 7.46. The molecule has 0 saturated heterocycles. The number of anilines is 1. The van der Waals surface area contributed by atoms with Crippen LogP contribution in [0.25, 0.3) is 15.8 Å². The van der Waals surface area contributed by atoms with Crippen molar-refractivity contribution in [2.75, 3.05) is 25.7 Å². The fourth-order valence-electron chi connectivity index (χ4n) is 5.72. The second-order valence-corrected chi connectivity index (χ2v) is 11.4. The number of thiazole rings is 1. The maximum atomic E-state index is 13.6. The van der Waals surface area contributed by atoms with E-state index in [4.69, 9.17) is 9.47 Å². The Balaban J connectivity index is 1.33. The van der Waals surface area contributed by atoms with Crippen LogP contribution in [0, 0.1) is 0 Å². The summed E-state index contributed by atoms with van der Waals surface area (Å²) in [5.74, 6) is 1.45. The van der Waals surface area contributed by atoms with Gasteiger partial charge in [0.25, 0.3) is 5.01 Å². The maximum absolute atomic E-state index is 13.6. The van der Waals surface area contributed by atoms with Crippen LogP contribution in [-0.4, -0.2) is 26.5 Å². The van der Waals surface area contributed by atoms with Crippen molar-refractivity contribution in [3.05, 3.63) is 68.9 Å². The number of thioether (sulfide) groups is 1. The molecule has 0 radical (unpaired) electrons. The quantitative estimate of drug-likeness (QED) is 0.375. The predicted octanol–water partition coefficient (Wildman–Crippen LogP) is 4.57. The topological polar surface area (TPSA) is 65.7 Å². The Labute approximate surface area is 217 Å². The Hall–Kier alpha value is -3.23. The number of ketones is 1. The number of carbonyl (C=O) groups excluding carboxylic acids is 1. The molecule has 0 unspecified atom stereocenters. The van der Waals surface area contributed by atoms with E-state index in [0.717, 1.165) is 92.3 Å². The Kier molecular flexibility index (Phi) is 4.98. The van der Waals surface area contributed by atoms with Gasteiger partial charge < -0.3 is 19.5 Å².